The summed E-state index contributed by atoms with van der Waals surface area (Å²) in [4.78, 5) is 21.8. The quantitative estimate of drug-likeness (QED) is 0.337. The predicted octanol–water partition coefficient (Wildman–Crippen LogP) is 4.72. The number of anilines is 1. The zero-order valence-corrected chi connectivity index (χ0v) is 23.3. The number of hydrogen-bond acceptors (Lipinski definition) is 7. The van der Waals surface area contributed by atoms with Gasteiger partial charge >= 0.3 is 0 Å². The molecule has 3 aromatic rings. The Balaban J connectivity index is 1.38. The standard InChI is InChI=1S/C30H32F3N7O2/c1-30(2,42)27(31)16-36-29(41)21-15-35-25(26-10-7-20-11-17(13-34)14-37-40(20)26)12-24(21)38-19-5-3-18(4-6-19)22-8-9-23(39-22)28(32)33/h7-12,14-15,18-19,23,27-28,42H,3-6,16H2,1-2H3,(H,35,38)(H,36,41)/t18?,19?,23?,27-/m1/s1. The molecule has 220 valence electrons. The molecule has 0 aromatic carbocycles. The van der Waals surface area contributed by atoms with E-state index in [-0.39, 0.29) is 24.1 Å². The highest BCUT2D eigenvalue weighted by molar-refractivity contribution is 6.00. The van der Waals surface area contributed by atoms with Gasteiger partial charge in [0.05, 0.1) is 52.1 Å². The maximum atomic E-state index is 14.4. The second-order valence-corrected chi connectivity index (χ2v) is 11.3. The molecule has 1 fully saturated rings. The Morgan fingerprint density at radius 3 is 2.62 bits per heavy atom. The minimum absolute atomic E-state index is 0.00871. The molecule has 5 rings (SSSR count). The van der Waals surface area contributed by atoms with Gasteiger partial charge in [0.2, 0.25) is 0 Å². The van der Waals surface area contributed by atoms with Crippen molar-refractivity contribution in [2.45, 2.75) is 69.8 Å². The molecule has 9 nitrogen and oxygen atoms in total. The number of carbonyl (C=O) groups is 1. The zero-order valence-electron chi connectivity index (χ0n) is 23.3. The number of pyridine rings is 1. The summed E-state index contributed by atoms with van der Waals surface area (Å²) in [5.41, 5.74) is 2.13. The molecule has 12 heteroatoms. The van der Waals surface area contributed by atoms with E-state index in [1.807, 2.05) is 12.1 Å². The summed E-state index contributed by atoms with van der Waals surface area (Å²) < 4.78 is 42.1. The van der Waals surface area contributed by atoms with Crippen molar-refractivity contribution in [3.05, 3.63) is 59.9 Å². The molecule has 0 saturated heterocycles. The zero-order chi connectivity index (χ0) is 30.0. The molecular formula is C30H32F3N7O2. The van der Waals surface area contributed by atoms with E-state index in [0.717, 1.165) is 25.7 Å². The lowest BCUT2D eigenvalue weighted by molar-refractivity contribution is -0.00177. The Hall–Kier alpha value is -4.24. The number of halogens is 3. The number of amides is 1. The minimum Gasteiger partial charge on any atom is -0.387 e. The number of hydrogen-bond donors (Lipinski definition) is 3. The van der Waals surface area contributed by atoms with Crippen LogP contribution in [0.1, 0.15) is 55.5 Å². The lowest BCUT2D eigenvalue weighted by atomic mass is 9.83. The van der Waals surface area contributed by atoms with E-state index >= 15 is 0 Å². The second kappa shape index (κ2) is 11.9. The number of allylic oxidation sites excluding steroid dienone is 1. The summed E-state index contributed by atoms with van der Waals surface area (Å²) in [6.07, 6.45) is 4.80. The molecule has 0 bridgehead atoms. The van der Waals surface area contributed by atoms with Crippen LogP contribution in [0, 0.1) is 17.2 Å². The van der Waals surface area contributed by atoms with Crippen LogP contribution in [-0.2, 0) is 0 Å². The van der Waals surface area contributed by atoms with Gasteiger partial charge in [0.25, 0.3) is 12.3 Å². The van der Waals surface area contributed by atoms with Crippen molar-refractivity contribution in [2.75, 3.05) is 11.9 Å². The summed E-state index contributed by atoms with van der Waals surface area (Å²) in [5.74, 6) is -0.448. The van der Waals surface area contributed by atoms with Gasteiger partial charge in [0.15, 0.2) is 0 Å². The average Bonchev–Trinajstić information content (AvgIpc) is 3.63. The predicted molar refractivity (Wildman–Crippen MR) is 152 cm³/mol. The van der Waals surface area contributed by atoms with Crippen LogP contribution in [-0.4, -0.2) is 68.2 Å². The fourth-order valence-corrected chi connectivity index (χ4v) is 5.27. The third-order valence-electron chi connectivity index (χ3n) is 7.77. The monoisotopic (exact) mass is 579 g/mol. The number of alkyl halides is 3. The summed E-state index contributed by atoms with van der Waals surface area (Å²) in [7, 11) is 0. The van der Waals surface area contributed by atoms with Crippen LogP contribution in [0.3, 0.4) is 0 Å². The Morgan fingerprint density at radius 2 is 1.95 bits per heavy atom. The van der Waals surface area contributed by atoms with Gasteiger partial charge in [-0.1, -0.05) is 6.08 Å². The largest absolute Gasteiger partial charge is 0.387 e. The first kappa shape index (κ1) is 29.3. The van der Waals surface area contributed by atoms with Crippen molar-refractivity contribution in [1.82, 2.24) is 19.9 Å². The van der Waals surface area contributed by atoms with Crippen molar-refractivity contribution in [1.29, 1.82) is 5.26 Å². The fraction of sp³-hybridized carbons (Fsp3) is 0.433. The van der Waals surface area contributed by atoms with Gasteiger partial charge in [0.1, 0.15) is 18.3 Å². The third-order valence-corrected chi connectivity index (χ3v) is 7.77. The topological polar surface area (TPSA) is 128 Å². The van der Waals surface area contributed by atoms with E-state index < -0.39 is 30.1 Å². The van der Waals surface area contributed by atoms with Crippen molar-refractivity contribution >= 4 is 22.8 Å². The smallest absolute Gasteiger partial charge is 0.264 e. The van der Waals surface area contributed by atoms with Gasteiger partial charge in [-0.3, -0.25) is 14.8 Å². The number of aromatic nitrogens is 3. The van der Waals surface area contributed by atoms with Gasteiger partial charge in [-0.25, -0.2) is 17.7 Å². The Labute approximate surface area is 241 Å². The number of nitriles is 1. The number of nitrogens with one attached hydrogen (secondary N) is 2. The van der Waals surface area contributed by atoms with Gasteiger partial charge < -0.3 is 15.7 Å². The van der Waals surface area contributed by atoms with Gasteiger partial charge in [-0.15, -0.1) is 0 Å². The molecule has 1 aliphatic carbocycles. The number of fused-ring (bicyclic) bond motifs is 1. The Kier molecular flexibility index (Phi) is 8.31. The van der Waals surface area contributed by atoms with Crippen LogP contribution in [0.4, 0.5) is 18.9 Å². The number of carbonyl (C=O) groups excluding carboxylic acids is 1. The normalized spacial score (nSPS) is 21.3. The molecule has 1 amide bonds. The molecule has 1 aliphatic heterocycles. The van der Waals surface area contributed by atoms with E-state index in [4.69, 9.17) is 0 Å². The molecule has 42 heavy (non-hydrogen) atoms. The molecule has 0 spiro atoms. The van der Waals surface area contributed by atoms with Crippen LogP contribution in [0.25, 0.3) is 16.9 Å². The number of rotatable bonds is 9. The van der Waals surface area contributed by atoms with Gasteiger partial charge in [-0.2, -0.15) is 10.4 Å². The first-order chi connectivity index (χ1) is 20.0. The van der Waals surface area contributed by atoms with E-state index in [0.29, 0.717) is 33.9 Å². The van der Waals surface area contributed by atoms with E-state index in [1.165, 1.54) is 32.3 Å². The summed E-state index contributed by atoms with van der Waals surface area (Å²) in [6.45, 7) is 2.29. The van der Waals surface area contributed by atoms with Gasteiger partial charge in [0, 0.05) is 23.9 Å². The van der Waals surface area contributed by atoms with Crippen LogP contribution in [0.5, 0.6) is 0 Å². The molecule has 1 unspecified atom stereocenters. The van der Waals surface area contributed by atoms with Gasteiger partial charge in [-0.05, 0) is 69.9 Å². The molecule has 1 saturated carbocycles. The molecular weight excluding hydrogens is 547 g/mol. The molecule has 0 radical (unpaired) electrons. The molecule has 2 aliphatic rings. The second-order valence-electron chi connectivity index (χ2n) is 11.3. The first-order valence-corrected chi connectivity index (χ1v) is 13.9. The van der Waals surface area contributed by atoms with Crippen LogP contribution >= 0.6 is 0 Å². The summed E-state index contributed by atoms with van der Waals surface area (Å²) in [6, 6.07) is 8.07. The highest BCUT2D eigenvalue weighted by Gasteiger charge is 2.30. The number of aliphatic hydroxyl groups is 1. The van der Waals surface area contributed by atoms with Crippen LogP contribution in [0.2, 0.25) is 0 Å². The molecule has 3 N–H and O–H groups in total. The van der Waals surface area contributed by atoms with Crippen LogP contribution in [0.15, 0.2) is 53.8 Å². The highest BCUT2D eigenvalue weighted by Crippen LogP contribution is 2.32. The van der Waals surface area contributed by atoms with Crippen molar-refractivity contribution in [2.24, 2.45) is 10.9 Å². The lowest BCUT2D eigenvalue weighted by Gasteiger charge is -2.30. The summed E-state index contributed by atoms with van der Waals surface area (Å²) >= 11 is 0. The number of nitrogens with zero attached hydrogens (tertiary/aromatic N) is 5. The maximum absolute atomic E-state index is 14.4. The van der Waals surface area contributed by atoms with Crippen molar-refractivity contribution in [3.63, 3.8) is 0 Å². The van der Waals surface area contributed by atoms with Crippen molar-refractivity contribution < 1.29 is 23.1 Å². The SMILES string of the molecule is CC(C)(O)[C@H](F)CNC(=O)c1cnc(-c2ccc3cc(C#N)cnn23)cc1NC1CCC(C2=NC(C(F)F)C=C2)CC1. The van der Waals surface area contributed by atoms with E-state index in [9.17, 15) is 28.3 Å². The molecule has 3 aromatic heterocycles. The fourth-order valence-electron chi connectivity index (χ4n) is 5.27. The third kappa shape index (κ3) is 6.31. The number of aliphatic imine (C=N–C) groups is 1. The highest BCUT2D eigenvalue weighted by atomic mass is 19.3. The van der Waals surface area contributed by atoms with Crippen molar-refractivity contribution in [3.8, 4) is 17.5 Å². The van der Waals surface area contributed by atoms with E-state index in [1.54, 1.807) is 22.7 Å². The average molecular weight is 580 g/mol. The first-order valence-electron chi connectivity index (χ1n) is 13.9. The van der Waals surface area contributed by atoms with Crippen LogP contribution < -0.4 is 10.6 Å². The van der Waals surface area contributed by atoms with E-state index in [2.05, 4.69) is 31.8 Å². The molecule has 2 atom stereocenters. The maximum Gasteiger partial charge on any atom is 0.264 e. The summed E-state index contributed by atoms with van der Waals surface area (Å²) in [5, 5.41) is 29.5. The minimum atomic E-state index is -2.51. The molecule has 4 heterocycles. The Bertz CT molecular complexity index is 1560. The lowest BCUT2D eigenvalue weighted by Crippen LogP contribution is -2.42. The Morgan fingerprint density at radius 1 is 1.19 bits per heavy atom.